The van der Waals surface area contributed by atoms with E-state index in [2.05, 4.69) is 10.2 Å². The van der Waals surface area contributed by atoms with E-state index in [-0.39, 0.29) is 0 Å². The minimum Gasteiger partial charge on any atom is -0.480 e. The Kier molecular flexibility index (Phi) is 5.36. The lowest BCUT2D eigenvalue weighted by Crippen LogP contribution is -2.12. The van der Waals surface area contributed by atoms with Crippen LogP contribution in [0.2, 0.25) is 5.02 Å². The fourth-order valence-electron chi connectivity index (χ4n) is 1.03. The van der Waals surface area contributed by atoms with Crippen molar-refractivity contribution in [1.29, 1.82) is 0 Å². The van der Waals surface area contributed by atoms with Crippen LogP contribution in [0.3, 0.4) is 0 Å². The standard InChI is InChI=1S/C12H13ClN2O2/c1-9(12(16)17)15-14-8-2-3-10-4-6-11(13)7-5-10/h2-7,9H,8H2,1H3,(H,16,17). The van der Waals surface area contributed by atoms with Crippen molar-refractivity contribution in [3.8, 4) is 0 Å². The molecule has 1 unspecified atom stereocenters. The van der Waals surface area contributed by atoms with Gasteiger partial charge in [-0.25, -0.2) is 4.79 Å². The van der Waals surface area contributed by atoms with Crippen molar-refractivity contribution in [2.45, 2.75) is 13.0 Å². The number of hydrogen-bond donors (Lipinski definition) is 1. The Balaban J connectivity index is 2.41. The van der Waals surface area contributed by atoms with Crippen molar-refractivity contribution in [3.05, 3.63) is 40.9 Å². The predicted octanol–water partition coefficient (Wildman–Crippen LogP) is 3.28. The van der Waals surface area contributed by atoms with Gasteiger partial charge >= 0.3 is 5.97 Å². The highest BCUT2D eigenvalue weighted by Gasteiger charge is 2.06. The first-order valence-corrected chi connectivity index (χ1v) is 5.49. The Morgan fingerprint density at radius 2 is 2.12 bits per heavy atom. The number of aliphatic carboxylic acids is 1. The van der Waals surface area contributed by atoms with E-state index in [9.17, 15) is 4.79 Å². The zero-order valence-electron chi connectivity index (χ0n) is 9.38. The van der Waals surface area contributed by atoms with Gasteiger partial charge in [0.15, 0.2) is 6.04 Å². The lowest BCUT2D eigenvalue weighted by Gasteiger charge is -1.95. The second-order valence-electron chi connectivity index (χ2n) is 3.41. The van der Waals surface area contributed by atoms with E-state index in [4.69, 9.17) is 16.7 Å². The third-order valence-corrected chi connectivity index (χ3v) is 2.23. The summed E-state index contributed by atoms with van der Waals surface area (Å²) in [6, 6.07) is 6.58. The number of rotatable bonds is 5. The van der Waals surface area contributed by atoms with Crippen LogP contribution < -0.4 is 0 Å². The smallest absolute Gasteiger partial charge is 0.330 e. The van der Waals surface area contributed by atoms with Gasteiger partial charge in [-0.2, -0.15) is 10.2 Å². The monoisotopic (exact) mass is 252 g/mol. The van der Waals surface area contributed by atoms with Crippen LogP contribution in [0.5, 0.6) is 0 Å². The molecule has 0 bridgehead atoms. The van der Waals surface area contributed by atoms with Gasteiger partial charge < -0.3 is 5.11 Å². The van der Waals surface area contributed by atoms with Crippen molar-refractivity contribution >= 4 is 23.6 Å². The number of azo groups is 1. The maximum atomic E-state index is 10.4. The van der Waals surface area contributed by atoms with Crippen LogP contribution in [0.4, 0.5) is 0 Å². The van der Waals surface area contributed by atoms with Crippen molar-refractivity contribution in [3.63, 3.8) is 0 Å². The molecule has 5 heteroatoms. The normalized spacial score (nSPS) is 13.3. The lowest BCUT2D eigenvalue weighted by molar-refractivity contribution is -0.138. The minimum absolute atomic E-state index is 0.361. The summed E-state index contributed by atoms with van der Waals surface area (Å²) >= 11 is 5.75. The van der Waals surface area contributed by atoms with Gasteiger partial charge in [0, 0.05) is 5.02 Å². The molecule has 0 aliphatic rings. The summed E-state index contributed by atoms with van der Waals surface area (Å²) in [4.78, 5) is 10.4. The van der Waals surface area contributed by atoms with Crippen LogP contribution >= 0.6 is 11.6 Å². The summed E-state index contributed by atoms with van der Waals surface area (Å²) in [6.45, 7) is 1.84. The molecule has 1 rings (SSSR count). The van der Waals surface area contributed by atoms with Crippen LogP contribution in [0.15, 0.2) is 40.6 Å². The molecule has 1 aromatic carbocycles. The molecule has 17 heavy (non-hydrogen) atoms. The van der Waals surface area contributed by atoms with E-state index in [0.717, 1.165) is 5.56 Å². The van der Waals surface area contributed by atoms with Gasteiger partial charge in [0.2, 0.25) is 0 Å². The zero-order valence-corrected chi connectivity index (χ0v) is 10.1. The van der Waals surface area contributed by atoms with Gasteiger partial charge in [0.1, 0.15) is 0 Å². The molecule has 0 aromatic heterocycles. The fraction of sp³-hybridized carbons (Fsp3) is 0.250. The van der Waals surface area contributed by atoms with Crippen molar-refractivity contribution in [2.24, 2.45) is 10.2 Å². The SMILES string of the molecule is CC(N=NCC=Cc1ccc(Cl)cc1)C(=O)O. The molecule has 90 valence electrons. The molecular weight excluding hydrogens is 240 g/mol. The highest BCUT2D eigenvalue weighted by Crippen LogP contribution is 2.10. The first kappa shape index (κ1) is 13.4. The largest absolute Gasteiger partial charge is 0.480 e. The quantitative estimate of drug-likeness (QED) is 0.818. The van der Waals surface area contributed by atoms with E-state index in [0.29, 0.717) is 11.6 Å². The molecule has 0 saturated heterocycles. The average molecular weight is 253 g/mol. The van der Waals surface area contributed by atoms with Crippen molar-refractivity contribution in [1.82, 2.24) is 0 Å². The predicted molar refractivity (Wildman–Crippen MR) is 67.3 cm³/mol. The molecular formula is C12H13ClN2O2. The summed E-state index contributed by atoms with van der Waals surface area (Å²) in [5.41, 5.74) is 1.01. The van der Waals surface area contributed by atoms with E-state index >= 15 is 0 Å². The first-order chi connectivity index (χ1) is 8.09. The molecule has 0 amide bonds. The Bertz CT molecular complexity index is 427. The molecule has 0 spiro atoms. The fourth-order valence-corrected chi connectivity index (χ4v) is 1.15. The maximum Gasteiger partial charge on any atom is 0.330 e. The molecule has 4 nitrogen and oxygen atoms in total. The minimum atomic E-state index is -0.976. The Morgan fingerprint density at radius 3 is 2.71 bits per heavy atom. The first-order valence-electron chi connectivity index (χ1n) is 5.11. The second-order valence-corrected chi connectivity index (χ2v) is 3.84. The summed E-state index contributed by atoms with van der Waals surface area (Å²) < 4.78 is 0. The Labute approximate surface area is 105 Å². The number of carboxylic acids is 1. The lowest BCUT2D eigenvalue weighted by atomic mass is 10.2. The molecule has 1 N–H and O–H groups in total. The van der Waals surface area contributed by atoms with Crippen molar-refractivity contribution in [2.75, 3.05) is 6.54 Å². The third kappa shape index (κ3) is 5.26. The number of benzene rings is 1. The van der Waals surface area contributed by atoms with Crippen LogP contribution in [-0.2, 0) is 4.79 Å². The van der Waals surface area contributed by atoms with Gasteiger partial charge in [-0.1, -0.05) is 35.9 Å². The number of nitrogens with zero attached hydrogens (tertiary/aromatic N) is 2. The molecule has 0 radical (unpaired) electrons. The summed E-state index contributed by atoms with van der Waals surface area (Å²) in [5.74, 6) is -0.976. The molecule has 0 aliphatic carbocycles. The van der Waals surface area contributed by atoms with Crippen LogP contribution in [0.1, 0.15) is 12.5 Å². The summed E-state index contributed by atoms with van der Waals surface area (Å²) in [5, 5.41) is 16.6. The van der Waals surface area contributed by atoms with Gasteiger partial charge in [-0.15, -0.1) is 0 Å². The van der Waals surface area contributed by atoms with E-state index < -0.39 is 12.0 Å². The number of carbonyl (C=O) groups is 1. The van der Waals surface area contributed by atoms with Crippen LogP contribution in [0, 0.1) is 0 Å². The van der Waals surface area contributed by atoms with Crippen LogP contribution in [-0.4, -0.2) is 23.7 Å². The van der Waals surface area contributed by atoms with Gasteiger partial charge in [-0.3, -0.25) is 0 Å². The Morgan fingerprint density at radius 1 is 1.47 bits per heavy atom. The second kappa shape index (κ2) is 6.81. The summed E-state index contributed by atoms with van der Waals surface area (Å²) in [6.07, 6.45) is 3.68. The molecule has 0 aliphatic heterocycles. The van der Waals surface area contributed by atoms with Gasteiger partial charge in [0.05, 0.1) is 6.54 Å². The number of carboxylic acid groups (broad SMARTS) is 1. The topological polar surface area (TPSA) is 62.0 Å². The highest BCUT2D eigenvalue weighted by molar-refractivity contribution is 6.30. The number of hydrogen-bond acceptors (Lipinski definition) is 3. The van der Waals surface area contributed by atoms with E-state index in [1.165, 1.54) is 6.92 Å². The van der Waals surface area contributed by atoms with Crippen LogP contribution in [0.25, 0.3) is 6.08 Å². The van der Waals surface area contributed by atoms with Gasteiger partial charge in [-0.05, 0) is 24.6 Å². The Hall–Kier alpha value is -1.68. The molecule has 0 saturated carbocycles. The van der Waals surface area contributed by atoms with E-state index in [1.54, 1.807) is 18.2 Å². The molecule has 0 heterocycles. The molecule has 1 aromatic rings. The highest BCUT2D eigenvalue weighted by atomic mass is 35.5. The van der Waals surface area contributed by atoms with E-state index in [1.807, 2.05) is 18.2 Å². The van der Waals surface area contributed by atoms with Crippen molar-refractivity contribution < 1.29 is 9.90 Å². The average Bonchev–Trinajstić information content (AvgIpc) is 2.30. The molecule has 0 fully saturated rings. The zero-order chi connectivity index (χ0) is 12.7. The maximum absolute atomic E-state index is 10.4. The van der Waals surface area contributed by atoms with Gasteiger partial charge in [0.25, 0.3) is 0 Å². The number of halogens is 1. The molecule has 1 atom stereocenters. The summed E-state index contributed by atoms with van der Waals surface area (Å²) in [7, 11) is 0. The third-order valence-electron chi connectivity index (χ3n) is 1.98.